The van der Waals surface area contributed by atoms with E-state index in [2.05, 4.69) is 10.2 Å². The first-order valence-corrected chi connectivity index (χ1v) is 7.53. The highest BCUT2D eigenvalue weighted by Gasteiger charge is 2.10. The maximum atomic E-state index is 11.1. The molecular weight excluding hydrogens is 300 g/mol. The third-order valence-electron chi connectivity index (χ3n) is 3.02. The molecule has 0 aliphatic carbocycles. The third kappa shape index (κ3) is 3.17. The van der Waals surface area contributed by atoms with Gasteiger partial charge in [0.05, 0.1) is 5.97 Å². The van der Waals surface area contributed by atoms with Gasteiger partial charge in [-0.3, -0.25) is 0 Å². The summed E-state index contributed by atoms with van der Waals surface area (Å²) in [6.45, 7) is 0. The molecule has 0 amide bonds. The number of aromatic carboxylic acids is 1. The average molecular weight is 311 g/mol. The van der Waals surface area contributed by atoms with E-state index in [-0.39, 0.29) is 5.56 Å². The van der Waals surface area contributed by atoms with Crippen molar-refractivity contribution in [1.29, 1.82) is 0 Å². The first kappa shape index (κ1) is 14.3. The van der Waals surface area contributed by atoms with Gasteiger partial charge in [0.15, 0.2) is 0 Å². The minimum atomic E-state index is -1.19. The lowest BCUT2D eigenvalue weighted by Crippen LogP contribution is -2.23. The molecule has 1 heterocycles. The molecule has 0 saturated carbocycles. The van der Waals surface area contributed by atoms with Crippen molar-refractivity contribution in [2.45, 2.75) is 11.0 Å². The van der Waals surface area contributed by atoms with E-state index in [1.807, 2.05) is 30.3 Å². The zero-order valence-electron chi connectivity index (χ0n) is 11.4. The Morgan fingerprint density at radius 3 is 2.55 bits per heavy atom. The van der Waals surface area contributed by atoms with Crippen LogP contribution < -0.4 is 5.11 Å². The van der Waals surface area contributed by atoms with Crippen molar-refractivity contribution in [3.8, 4) is 11.5 Å². The number of aromatic nitrogens is 2. The minimum absolute atomic E-state index is 0.179. The predicted molar refractivity (Wildman–Crippen MR) is 80.1 cm³/mol. The van der Waals surface area contributed by atoms with Gasteiger partial charge >= 0.3 is 0 Å². The summed E-state index contributed by atoms with van der Waals surface area (Å²) in [5.41, 5.74) is 1.68. The highest BCUT2D eigenvalue weighted by atomic mass is 32.2. The molecular formula is C16H11N2O3S-. The molecule has 110 valence electrons. The van der Waals surface area contributed by atoms with Gasteiger partial charge in [-0.25, -0.2) is 0 Å². The second-order valence-electron chi connectivity index (χ2n) is 4.47. The van der Waals surface area contributed by atoms with E-state index in [9.17, 15) is 9.90 Å². The topological polar surface area (TPSA) is 79.0 Å². The minimum Gasteiger partial charge on any atom is -0.545 e. The van der Waals surface area contributed by atoms with Crippen LogP contribution in [0.4, 0.5) is 0 Å². The summed E-state index contributed by atoms with van der Waals surface area (Å²) in [5, 5.41) is 19.4. The van der Waals surface area contributed by atoms with Gasteiger partial charge in [-0.15, -0.1) is 10.2 Å². The van der Waals surface area contributed by atoms with Crippen LogP contribution in [-0.2, 0) is 5.75 Å². The Labute approximate surface area is 131 Å². The molecule has 6 heteroatoms. The highest BCUT2D eigenvalue weighted by molar-refractivity contribution is 7.98. The van der Waals surface area contributed by atoms with Gasteiger partial charge in [0, 0.05) is 16.9 Å². The molecule has 5 nitrogen and oxygen atoms in total. The maximum Gasteiger partial charge on any atom is 0.277 e. The average Bonchev–Trinajstić information content (AvgIpc) is 3.03. The summed E-state index contributed by atoms with van der Waals surface area (Å²) < 4.78 is 5.57. The van der Waals surface area contributed by atoms with Crippen molar-refractivity contribution in [2.75, 3.05) is 0 Å². The van der Waals surface area contributed by atoms with Crippen LogP contribution in [0.1, 0.15) is 15.9 Å². The number of carboxylic acids is 1. The lowest BCUT2D eigenvalue weighted by atomic mass is 10.1. The standard InChI is InChI=1S/C16H12N2O3S/c19-15(20)13-9-5-4-8-12(13)10-22-16-18-17-14(21-16)11-6-2-1-3-7-11/h1-9H,10H2,(H,19,20)/p-1. The lowest BCUT2D eigenvalue weighted by Gasteiger charge is -2.08. The molecule has 3 aromatic rings. The van der Waals surface area contributed by atoms with Gasteiger partial charge < -0.3 is 14.3 Å². The van der Waals surface area contributed by atoms with Gasteiger partial charge in [0.25, 0.3) is 5.22 Å². The highest BCUT2D eigenvalue weighted by Crippen LogP contribution is 2.26. The molecule has 0 saturated heterocycles. The molecule has 0 unspecified atom stereocenters. The number of thioether (sulfide) groups is 1. The van der Waals surface area contributed by atoms with E-state index in [0.29, 0.717) is 22.4 Å². The van der Waals surface area contributed by atoms with Crippen molar-refractivity contribution in [2.24, 2.45) is 0 Å². The van der Waals surface area contributed by atoms with Crippen molar-refractivity contribution in [3.63, 3.8) is 0 Å². The number of hydrogen-bond donors (Lipinski definition) is 0. The van der Waals surface area contributed by atoms with E-state index >= 15 is 0 Å². The number of rotatable bonds is 5. The normalized spacial score (nSPS) is 10.5. The SMILES string of the molecule is O=C([O-])c1ccccc1CSc1nnc(-c2ccccc2)o1. The van der Waals surface area contributed by atoms with E-state index in [0.717, 1.165) is 5.56 Å². The Hall–Kier alpha value is -2.60. The lowest BCUT2D eigenvalue weighted by molar-refractivity contribution is -0.255. The van der Waals surface area contributed by atoms with Crippen molar-refractivity contribution < 1.29 is 14.3 Å². The molecule has 0 spiro atoms. The van der Waals surface area contributed by atoms with Crippen LogP contribution in [0.2, 0.25) is 0 Å². The Kier molecular flexibility index (Phi) is 4.20. The molecule has 3 rings (SSSR count). The first-order chi connectivity index (χ1) is 10.7. The van der Waals surface area contributed by atoms with E-state index in [1.165, 1.54) is 17.8 Å². The summed E-state index contributed by atoms with van der Waals surface area (Å²) in [6, 6.07) is 16.2. The van der Waals surface area contributed by atoms with Crippen molar-refractivity contribution >= 4 is 17.7 Å². The van der Waals surface area contributed by atoms with Crippen LogP contribution >= 0.6 is 11.8 Å². The van der Waals surface area contributed by atoms with Gasteiger partial charge in [-0.1, -0.05) is 54.2 Å². The Balaban J connectivity index is 1.73. The van der Waals surface area contributed by atoms with Crippen molar-refractivity contribution in [3.05, 3.63) is 65.7 Å². The van der Waals surface area contributed by atoms with Crippen LogP contribution in [0.3, 0.4) is 0 Å². The molecule has 0 aliphatic heterocycles. The fraction of sp³-hybridized carbons (Fsp3) is 0.0625. The number of carbonyl (C=O) groups excluding carboxylic acids is 1. The molecule has 0 atom stereocenters. The quantitative estimate of drug-likeness (QED) is 0.673. The third-order valence-corrected chi connectivity index (χ3v) is 3.88. The molecule has 0 radical (unpaired) electrons. The summed E-state index contributed by atoms with van der Waals surface area (Å²) in [7, 11) is 0. The monoisotopic (exact) mass is 311 g/mol. The summed E-state index contributed by atoms with van der Waals surface area (Å²) in [5.74, 6) is -0.330. The zero-order chi connectivity index (χ0) is 15.4. The molecule has 1 aromatic heterocycles. The Morgan fingerprint density at radius 2 is 1.77 bits per heavy atom. The van der Waals surface area contributed by atoms with Gasteiger partial charge in [-0.2, -0.15) is 0 Å². The summed E-state index contributed by atoms with van der Waals surface area (Å²) in [6.07, 6.45) is 0. The first-order valence-electron chi connectivity index (χ1n) is 6.55. The van der Waals surface area contributed by atoms with E-state index < -0.39 is 5.97 Å². The summed E-state index contributed by atoms with van der Waals surface area (Å²) in [4.78, 5) is 11.1. The number of carboxylic acid groups (broad SMARTS) is 1. The largest absolute Gasteiger partial charge is 0.545 e. The molecule has 0 aliphatic rings. The Morgan fingerprint density at radius 1 is 1.05 bits per heavy atom. The summed E-state index contributed by atoms with van der Waals surface area (Å²) >= 11 is 1.29. The predicted octanol–water partition coefficient (Wildman–Crippen LogP) is 2.39. The fourth-order valence-electron chi connectivity index (χ4n) is 1.95. The molecule has 0 N–H and O–H groups in total. The number of carbonyl (C=O) groups is 1. The van der Waals surface area contributed by atoms with Crippen LogP contribution in [-0.4, -0.2) is 16.2 Å². The second-order valence-corrected chi connectivity index (χ2v) is 5.40. The molecule has 0 fully saturated rings. The van der Waals surface area contributed by atoms with Crippen LogP contribution in [0.15, 0.2) is 64.2 Å². The second kappa shape index (κ2) is 6.44. The van der Waals surface area contributed by atoms with Crippen LogP contribution in [0, 0.1) is 0 Å². The van der Waals surface area contributed by atoms with E-state index in [4.69, 9.17) is 4.42 Å². The number of hydrogen-bond acceptors (Lipinski definition) is 6. The van der Waals surface area contributed by atoms with Gasteiger partial charge in [-0.05, 0) is 17.7 Å². The fourth-order valence-corrected chi connectivity index (χ4v) is 2.72. The molecule has 22 heavy (non-hydrogen) atoms. The van der Waals surface area contributed by atoms with E-state index in [1.54, 1.807) is 18.2 Å². The molecule has 0 bridgehead atoms. The smallest absolute Gasteiger partial charge is 0.277 e. The Bertz CT molecular complexity index is 787. The number of benzene rings is 2. The van der Waals surface area contributed by atoms with Crippen molar-refractivity contribution in [1.82, 2.24) is 10.2 Å². The van der Waals surface area contributed by atoms with Crippen LogP contribution in [0.25, 0.3) is 11.5 Å². The van der Waals surface area contributed by atoms with Gasteiger partial charge in [0.2, 0.25) is 5.89 Å². The number of nitrogens with zero attached hydrogens (tertiary/aromatic N) is 2. The van der Waals surface area contributed by atoms with Crippen LogP contribution in [0.5, 0.6) is 0 Å². The van der Waals surface area contributed by atoms with Gasteiger partial charge in [0.1, 0.15) is 0 Å². The maximum absolute atomic E-state index is 11.1. The molecule has 2 aromatic carbocycles. The zero-order valence-corrected chi connectivity index (χ0v) is 12.2.